The van der Waals surface area contributed by atoms with Gasteiger partial charge in [0.15, 0.2) is 0 Å². The molecule has 1 aliphatic heterocycles. The van der Waals surface area contributed by atoms with E-state index in [1.807, 2.05) is 6.07 Å². The Kier molecular flexibility index (Phi) is 2.79. The summed E-state index contributed by atoms with van der Waals surface area (Å²) in [5.41, 5.74) is 4.78. The van der Waals surface area contributed by atoms with Gasteiger partial charge in [0.2, 0.25) is 0 Å². The molecule has 0 atom stereocenters. The van der Waals surface area contributed by atoms with Crippen LogP contribution in [0.1, 0.15) is 19.4 Å². The van der Waals surface area contributed by atoms with Crippen molar-refractivity contribution in [2.75, 3.05) is 4.90 Å². The smallest absolute Gasteiger partial charge is 0.0500 e. The number of allylic oxidation sites excluding steroid dienone is 1. The van der Waals surface area contributed by atoms with E-state index in [1.165, 1.54) is 16.9 Å². The van der Waals surface area contributed by atoms with Crippen molar-refractivity contribution in [3.05, 3.63) is 70.8 Å². The molecule has 2 aromatic carbocycles. The van der Waals surface area contributed by atoms with E-state index in [4.69, 9.17) is 0 Å². The topological polar surface area (TPSA) is 3.24 Å². The molecule has 2 heteroatoms. The largest absolute Gasteiger partial charge is 0.314 e. The standard InChI is InChI=1S/C17H16BrN/c1-12-17(2,3)15-11-13(18)9-10-16(15)19(12)14-7-5-4-6-8-14/h4-11H,1H2,2-3H3. The highest BCUT2D eigenvalue weighted by molar-refractivity contribution is 9.10. The maximum Gasteiger partial charge on any atom is 0.0500 e. The van der Waals surface area contributed by atoms with E-state index in [0.717, 1.165) is 10.2 Å². The van der Waals surface area contributed by atoms with Crippen LogP contribution in [0.4, 0.5) is 11.4 Å². The van der Waals surface area contributed by atoms with E-state index < -0.39 is 0 Å². The van der Waals surface area contributed by atoms with Crippen LogP contribution in [0, 0.1) is 0 Å². The second-order valence-corrected chi connectivity index (χ2v) is 6.32. The highest BCUT2D eigenvalue weighted by atomic mass is 79.9. The predicted octanol–water partition coefficient (Wildman–Crippen LogP) is 5.39. The lowest BCUT2D eigenvalue weighted by molar-refractivity contribution is 0.646. The Labute approximate surface area is 122 Å². The van der Waals surface area contributed by atoms with Crippen LogP contribution in [0.2, 0.25) is 0 Å². The number of hydrogen-bond acceptors (Lipinski definition) is 1. The van der Waals surface area contributed by atoms with Crippen LogP contribution in [0.5, 0.6) is 0 Å². The third kappa shape index (κ3) is 1.82. The van der Waals surface area contributed by atoms with E-state index >= 15 is 0 Å². The Balaban J connectivity index is 2.22. The summed E-state index contributed by atoms with van der Waals surface area (Å²) in [5.74, 6) is 0. The molecule has 96 valence electrons. The Morgan fingerprint density at radius 1 is 1.05 bits per heavy atom. The Morgan fingerprint density at radius 3 is 2.42 bits per heavy atom. The number of hydrogen-bond donors (Lipinski definition) is 0. The van der Waals surface area contributed by atoms with E-state index in [-0.39, 0.29) is 5.41 Å². The summed E-state index contributed by atoms with van der Waals surface area (Å²) in [6.45, 7) is 8.77. The predicted molar refractivity (Wildman–Crippen MR) is 84.9 cm³/mol. The van der Waals surface area contributed by atoms with Crippen LogP contribution in [-0.2, 0) is 5.41 Å². The molecule has 0 amide bonds. The number of para-hydroxylation sites is 1. The van der Waals surface area contributed by atoms with Gasteiger partial charge in [0.05, 0.1) is 5.69 Å². The van der Waals surface area contributed by atoms with Gasteiger partial charge in [-0.2, -0.15) is 0 Å². The van der Waals surface area contributed by atoms with Gasteiger partial charge in [0.25, 0.3) is 0 Å². The SMILES string of the molecule is C=C1N(c2ccccc2)c2ccc(Br)cc2C1(C)C. The molecule has 1 nitrogen and oxygen atoms in total. The highest BCUT2D eigenvalue weighted by Gasteiger charge is 2.39. The van der Waals surface area contributed by atoms with Crippen LogP contribution in [-0.4, -0.2) is 0 Å². The zero-order valence-corrected chi connectivity index (χ0v) is 12.7. The maximum absolute atomic E-state index is 4.32. The fourth-order valence-corrected chi connectivity index (χ4v) is 3.02. The number of fused-ring (bicyclic) bond motifs is 1. The van der Waals surface area contributed by atoms with Crippen molar-refractivity contribution in [2.45, 2.75) is 19.3 Å². The first-order valence-corrected chi connectivity index (χ1v) is 7.16. The average Bonchev–Trinajstić information content (AvgIpc) is 2.59. The second-order valence-electron chi connectivity index (χ2n) is 5.40. The lowest BCUT2D eigenvalue weighted by Crippen LogP contribution is -2.21. The zero-order valence-electron chi connectivity index (χ0n) is 11.2. The van der Waals surface area contributed by atoms with Crippen molar-refractivity contribution in [3.8, 4) is 0 Å². The molecule has 0 saturated carbocycles. The fraction of sp³-hybridized carbons (Fsp3) is 0.176. The van der Waals surface area contributed by atoms with Crippen LogP contribution in [0.25, 0.3) is 0 Å². The third-order valence-electron chi connectivity index (χ3n) is 3.88. The lowest BCUT2D eigenvalue weighted by Gasteiger charge is -2.25. The summed E-state index contributed by atoms with van der Waals surface area (Å²) in [4.78, 5) is 2.25. The van der Waals surface area contributed by atoms with E-state index in [1.54, 1.807) is 0 Å². The monoisotopic (exact) mass is 313 g/mol. The van der Waals surface area contributed by atoms with Crippen molar-refractivity contribution < 1.29 is 0 Å². The van der Waals surface area contributed by atoms with Gasteiger partial charge in [-0.25, -0.2) is 0 Å². The van der Waals surface area contributed by atoms with Crippen molar-refractivity contribution in [1.82, 2.24) is 0 Å². The fourth-order valence-electron chi connectivity index (χ4n) is 2.66. The van der Waals surface area contributed by atoms with Gasteiger partial charge >= 0.3 is 0 Å². The molecule has 1 heterocycles. The number of halogens is 1. The van der Waals surface area contributed by atoms with Gasteiger partial charge < -0.3 is 4.90 Å². The van der Waals surface area contributed by atoms with E-state index in [9.17, 15) is 0 Å². The molecule has 0 bridgehead atoms. The quantitative estimate of drug-likeness (QED) is 0.682. The normalized spacial score (nSPS) is 16.6. The second kappa shape index (κ2) is 4.24. The van der Waals surface area contributed by atoms with Crippen molar-refractivity contribution in [3.63, 3.8) is 0 Å². The van der Waals surface area contributed by atoms with Crippen molar-refractivity contribution in [2.24, 2.45) is 0 Å². The number of benzene rings is 2. The van der Waals surface area contributed by atoms with Gasteiger partial charge in [-0.3, -0.25) is 0 Å². The van der Waals surface area contributed by atoms with Gasteiger partial charge in [-0.1, -0.05) is 54.6 Å². The number of anilines is 2. The summed E-state index contributed by atoms with van der Waals surface area (Å²) in [6.07, 6.45) is 0. The summed E-state index contributed by atoms with van der Waals surface area (Å²) in [7, 11) is 0. The first kappa shape index (κ1) is 12.5. The summed E-state index contributed by atoms with van der Waals surface area (Å²) in [5, 5.41) is 0. The first-order valence-electron chi connectivity index (χ1n) is 6.36. The van der Waals surface area contributed by atoms with Crippen molar-refractivity contribution >= 4 is 27.3 Å². The minimum absolute atomic E-state index is 0.0467. The molecule has 0 fully saturated rings. The minimum Gasteiger partial charge on any atom is -0.314 e. The van der Waals surface area contributed by atoms with Crippen LogP contribution >= 0.6 is 15.9 Å². The molecule has 0 N–H and O–H groups in total. The Hall–Kier alpha value is -1.54. The molecule has 0 unspecified atom stereocenters. The zero-order chi connectivity index (χ0) is 13.6. The number of rotatable bonds is 1. The Bertz CT molecular complexity index is 644. The lowest BCUT2D eigenvalue weighted by atomic mass is 9.84. The van der Waals surface area contributed by atoms with Crippen LogP contribution < -0.4 is 4.90 Å². The highest BCUT2D eigenvalue weighted by Crippen LogP contribution is 2.50. The minimum atomic E-state index is -0.0467. The molecule has 2 aromatic rings. The Morgan fingerprint density at radius 2 is 1.74 bits per heavy atom. The van der Waals surface area contributed by atoms with Crippen LogP contribution in [0.3, 0.4) is 0 Å². The molecule has 0 saturated heterocycles. The summed E-state index contributed by atoms with van der Waals surface area (Å²) in [6, 6.07) is 16.9. The van der Waals surface area contributed by atoms with E-state index in [2.05, 4.69) is 83.7 Å². The first-order chi connectivity index (χ1) is 9.01. The van der Waals surface area contributed by atoms with E-state index in [0.29, 0.717) is 0 Å². The van der Waals surface area contributed by atoms with Gasteiger partial charge in [-0.15, -0.1) is 0 Å². The van der Waals surface area contributed by atoms with Crippen molar-refractivity contribution in [1.29, 1.82) is 0 Å². The molecular formula is C17H16BrN. The molecule has 3 rings (SSSR count). The summed E-state index contributed by atoms with van der Waals surface area (Å²) >= 11 is 3.56. The number of nitrogens with zero attached hydrogens (tertiary/aromatic N) is 1. The average molecular weight is 314 g/mol. The van der Waals surface area contributed by atoms with Gasteiger partial charge in [-0.05, 0) is 35.9 Å². The third-order valence-corrected chi connectivity index (χ3v) is 4.37. The van der Waals surface area contributed by atoms with Gasteiger partial charge in [0.1, 0.15) is 0 Å². The molecule has 19 heavy (non-hydrogen) atoms. The van der Waals surface area contributed by atoms with Gasteiger partial charge in [0, 0.05) is 21.3 Å². The molecule has 0 aliphatic carbocycles. The maximum atomic E-state index is 4.32. The summed E-state index contributed by atoms with van der Waals surface area (Å²) < 4.78 is 1.11. The van der Waals surface area contributed by atoms with Crippen LogP contribution in [0.15, 0.2) is 65.3 Å². The molecule has 1 aliphatic rings. The molecule has 0 aromatic heterocycles. The molecule has 0 spiro atoms. The molecule has 0 radical (unpaired) electrons. The molecular weight excluding hydrogens is 298 g/mol.